The predicted octanol–water partition coefficient (Wildman–Crippen LogP) is 3.89. The average molecular weight is 301 g/mol. The molecule has 1 aromatic heterocycles. The van der Waals surface area contributed by atoms with Crippen LogP contribution in [0.1, 0.15) is 38.5 Å². The molecule has 0 saturated heterocycles. The second kappa shape index (κ2) is 7.15. The van der Waals surface area contributed by atoms with Gasteiger partial charge in [-0.05, 0) is 25.0 Å². The molecule has 5 nitrogen and oxygen atoms in total. The summed E-state index contributed by atoms with van der Waals surface area (Å²) in [5.74, 6) is 0.656. The minimum Gasteiger partial charge on any atom is -0.350 e. The van der Waals surface area contributed by atoms with Crippen molar-refractivity contribution < 1.29 is 4.39 Å². The van der Waals surface area contributed by atoms with Crippen molar-refractivity contribution in [3.63, 3.8) is 0 Å². The molecule has 2 N–H and O–H groups in total. The second-order valence-electron chi connectivity index (χ2n) is 5.60. The van der Waals surface area contributed by atoms with Gasteiger partial charge in [-0.15, -0.1) is 5.10 Å². The van der Waals surface area contributed by atoms with Crippen molar-refractivity contribution in [2.75, 3.05) is 10.6 Å². The molecule has 22 heavy (non-hydrogen) atoms. The van der Waals surface area contributed by atoms with Crippen LogP contribution in [0.5, 0.6) is 0 Å². The normalized spacial score (nSPS) is 16.0. The molecule has 1 heterocycles. The fraction of sp³-hybridized carbons (Fsp3) is 0.438. The van der Waals surface area contributed by atoms with Gasteiger partial charge < -0.3 is 10.6 Å². The molecule has 1 saturated carbocycles. The molecular weight excluding hydrogens is 281 g/mol. The van der Waals surface area contributed by atoms with E-state index in [2.05, 4.69) is 25.8 Å². The van der Waals surface area contributed by atoms with Crippen LogP contribution in [0.15, 0.2) is 30.5 Å². The van der Waals surface area contributed by atoms with E-state index < -0.39 is 0 Å². The highest BCUT2D eigenvalue weighted by molar-refractivity contribution is 5.56. The Hall–Kier alpha value is -2.24. The zero-order chi connectivity index (χ0) is 15.2. The van der Waals surface area contributed by atoms with Crippen molar-refractivity contribution >= 4 is 17.5 Å². The zero-order valence-corrected chi connectivity index (χ0v) is 12.4. The lowest BCUT2D eigenvalue weighted by molar-refractivity contribution is 0.613. The molecule has 0 amide bonds. The van der Waals surface area contributed by atoms with E-state index in [-0.39, 0.29) is 5.82 Å². The molecule has 0 radical (unpaired) electrons. The lowest BCUT2D eigenvalue weighted by atomic mass is 10.1. The fourth-order valence-electron chi connectivity index (χ4n) is 2.73. The van der Waals surface area contributed by atoms with Gasteiger partial charge in [0.15, 0.2) is 5.82 Å². The Morgan fingerprint density at radius 3 is 2.59 bits per heavy atom. The molecule has 1 aliphatic carbocycles. The number of nitrogens with zero attached hydrogens (tertiary/aromatic N) is 3. The van der Waals surface area contributed by atoms with Crippen LogP contribution in [-0.2, 0) is 0 Å². The van der Waals surface area contributed by atoms with Gasteiger partial charge in [0.05, 0.1) is 11.9 Å². The van der Waals surface area contributed by atoms with Crippen LogP contribution >= 0.6 is 0 Å². The molecule has 6 heteroatoms. The SMILES string of the molecule is Fc1ccccc1Nc1cnnc(NC2CCCCCC2)n1. The van der Waals surface area contributed by atoms with Gasteiger partial charge in [-0.3, -0.25) is 0 Å². The van der Waals surface area contributed by atoms with Crippen molar-refractivity contribution in [3.05, 3.63) is 36.3 Å². The average Bonchev–Trinajstić information content (AvgIpc) is 2.79. The van der Waals surface area contributed by atoms with Gasteiger partial charge in [0.2, 0.25) is 5.95 Å². The number of hydrogen-bond donors (Lipinski definition) is 2. The number of benzene rings is 1. The van der Waals surface area contributed by atoms with Gasteiger partial charge >= 0.3 is 0 Å². The second-order valence-corrected chi connectivity index (χ2v) is 5.60. The van der Waals surface area contributed by atoms with Crippen molar-refractivity contribution in [1.29, 1.82) is 0 Å². The van der Waals surface area contributed by atoms with Crippen LogP contribution in [0, 0.1) is 5.82 Å². The number of aromatic nitrogens is 3. The van der Waals surface area contributed by atoms with Crippen molar-refractivity contribution in [2.24, 2.45) is 0 Å². The van der Waals surface area contributed by atoms with Gasteiger partial charge in [0.1, 0.15) is 5.82 Å². The molecular formula is C16H20FN5. The topological polar surface area (TPSA) is 62.7 Å². The van der Waals surface area contributed by atoms with Gasteiger partial charge in [-0.1, -0.05) is 37.8 Å². The predicted molar refractivity (Wildman–Crippen MR) is 84.6 cm³/mol. The smallest absolute Gasteiger partial charge is 0.244 e. The highest BCUT2D eigenvalue weighted by Crippen LogP contribution is 2.21. The van der Waals surface area contributed by atoms with E-state index in [1.54, 1.807) is 18.2 Å². The third-order valence-corrected chi connectivity index (χ3v) is 3.88. The minimum absolute atomic E-state index is 0.320. The van der Waals surface area contributed by atoms with Crippen LogP contribution in [0.3, 0.4) is 0 Å². The first-order chi connectivity index (χ1) is 10.8. The van der Waals surface area contributed by atoms with Gasteiger partial charge in [-0.2, -0.15) is 10.1 Å². The monoisotopic (exact) mass is 301 g/mol. The van der Waals surface area contributed by atoms with Gasteiger partial charge in [-0.25, -0.2) is 4.39 Å². The molecule has 0 atom stereocenters. The lowest BCUT2D eigenvalue weighted by Gasteiger charge is -2.16. The summed E-state index contributed by atoms with van der Waals surface area (Å²) in [7, 11) is 0. The quantitative estimate of drug-likeness (QED) is 0.839. The van der Waals surface area contributed by atoms with Crippen LogP contribution in [0.2, 0.25) is 0 Å². The minimum atomic E-state index is -0.320. The van der Waals surface area contributed by atoms with Crippen molar-refractivity contribution in [2.45, 2.75) is 44.6 Å². The molecule has 3 rings (SSSR count). The Labute approximate surface area is 129 Å². The maximum Gasteiger partial charge on any atom is 0.244 e. The Morgan fingerprint density at radius 1 is 1.05 bits per heavy atom. The van der Waals surface area contributed by atoms with E-state index in [4.69, 9.17) is 0 Å². The molecule has 2 aromatic rings. The number of nitrogens with one attached hydrogen (secondary N) is 2. The molecule has 1 aromatic carbocycles. The summed E-state index contributed by atoms with van der Waals surface area (Å²) < 4.78 is 13.7. The summed E-state index contributed by atoms with van der Waals surface area (Å²) in [6.45, 7) is 0. The summed E-state index contributed by atoms with van der Waals surface area (Å²) in [5, 5.41) is 14.2. The highest BCUT2D eigenvalue weighted by Gasteiger charge is 2.13. The van der Waals surface area contributed by atoms with Crippen LogP contribution < -0.4 is 10.6 Å². The summed E-state index contributed by atoms with van der Waals surface area (Å²) in [6.07, 6.45) is 8.82. The zero-order valence-electron chi connectivity index (χ0n) is 12.4. The molecule has 116 valence electrons. The fourth-order valence-corrected chi connectivity index (χ4v) is 2.73. The number of anilines is 3. The number of halogens is 1. The largest absolute Gasteiger partial charge is 0.350 e. The van der Waals surface area contributed by atoms with Crippen LogP contribution in [0.4, 0.5) is 21.8 Å². The van der Waals surface area contributed by atoms with Gasteiger partial charge in [0, 0.05) is 6.04 Å². The number of rotatable bonds is 4. The molecule has 0 unspecified atom stereocenters. The Kier molecular flexibility index (Phi) is 4.78. The molecule has 0 aliphatic heterocycles. The first kappa shape index (κ1) is 14.7. The lowest BCUT2D eigenvalue weighted by Crippen LogP contribution is -2.20. The van der Waals surface area contributed by atoms with Crippen LogP contribution in [-0.4, -0.2) is 21.2 Å². The van der Waals surface area contributed by atoms with Crippen molar-refractivity contribution in [1.82, 2.24) is 15.2 Å². The summed E-state index contributed by atoms with van der Waals surface area (Å²) in [6, 6.07) is 6.88. The summed E-state index contributed by atoms with van der Waals surface area (Å²) in [5.41, 5.74) is 0.378. The summed E-state index contributed by atoms with van der Waals surface area (Å²) >= 11 is 0. The molecule has 0 spiro atoms. The first-order valence-electron chi connectivity index (χ1n) is 7.79. The Morgan fingerprint density at radius 2 is 1.82 bits per heavy atom. The van der Waals surface area contributed by atoms with Crippen LogP contribution in [0.25, 0.3) is 0 Å². The maximum atomic E-state index is 13.7. The maximum absolute atomic E-state index is 13.7. The third-order valence-electron chi connectivity index (χ3n) is 3.88. The Bertz CT molecular complexity index is 611. The highest BCUT2D eigenvalue weighted by atomic mass is 19.1. The molecule has 0 bridgehead atoms. The van der Waals surface area contributed by atoms with E-state index >= 15 is 0 Å². The standard InChI is InChI=1S/C16H20FN5/c17-13-9-5-6-10-14(13)20-15-11-18-22-16(21-15)19-12-7-3-1-2-4-8-12/h5-6,9-12H,1-4,7-8H2,(H2,19,20,21,22). The van der Waals surface area contributed by atoms with E-state index in [9.17, 15) is 4.39 Å². The first-order valence-corrected chi connectivity index (χ1v) is 7.79. The number of para-hydroxylation sites is 1. The third kappa shape index (κ3) is 3.90. The summed E-state index contributed by atoms with van der Waals surface area (Å²) in [4.78, 5) is 4.37. The van der Waals surface area contributed by atoms with E-state index in [1.165, 1.54) is 37.9 Å². The molecule has 1 aliphatic rings. The van der Waals surface area contributed by atoms with E-state index in [0.717, 1.165) is 12.8 Å². The molecule has 1 fully saturated rings. The van der Waals surface area contributed by atoms with E-state index in [1.807, 2.05) is 0 Å². The van der Waals surface area contributed by atoms with E-state index in [0.29, 0.717) is 23.5 Å². The number of hydrogen-bond acceptors (Lipinski definition) is 5. The van der Waals surface area contributed by atoms with Gasteiger partial charge in [0.25, 0.3) is 0 Å². The Balaban J connectivity index is 1.68. The van der Waals surface area contributed by atoms with Crippen molar-refractivity contribution in [3.8, 4) is 0 Å².